The second-order valence-electron chi connectivity index (χ2n) is 5.13. The highest BCUT2D eigenvalue weighted by atomic mass is 32.2. The molecule has 0 N–H and O–H groups in total. The van der Waals surface area contributed by atoms with Crippen molar-refractivity contribution in [3.8, 4) is 0 Å². The first kappa shape index (κ1) is 17.4. The minimum Gasteiger partial charge on any atom is -0.469 e. The number of furan rings is 2. The first-order chi connectivity index (χ1) is 11.2. The molecule has 2 rings (SSSR count). The van der Waals surface area contributed by atoms with E-state index >= 15 is 0 Å². The van der Waals surface area contributed by atoms with Crippen LogP contribution in [0.1, 0.15) is 25.0 Å². The van der Waals surface area contributed by atoms with E-state index in [-0.39, 0.29) is 11.7 Å². The zero-order chi connectivity index (χ0) is 16.5. The number of aryl methyl sites for hydroxylation is 1. The third-order valence-corrected chi connectivity index (χ3v) is 4.41. The molecule has 0 aromatic carbocycles. The van der Waals surface area contributed by atoms with Crippen LogP contribution in [0.3, 0.4) is 0 Å². The standard InChI is InChI=1S/C17H21NO4S/c1-18(17-5-3-11-22-17)16(20)9-13-23-12-8-14(19)6-7-15-4-2-10-21-15/h2-5,10-11H,6-9,12-13H2,1H3. The molecule has 23 heavy (non-hydrogen) atoms. The molecule has 0 fully saturated rings. The Morgan fingerprint density at radius 3 is 2.48 bits per heavy atom. The number of rotatable bonds is 10. The summed E-state index contributed by atoms with van der Waals surface area (Å²) in [6.07, 6.45) is 5.29. The van der Waals surface area contributed by atoms with Gasteiger partial charge >= 0.3 is 0 Å². The van der Waals surface area contributed by atoms with Gasteiger partial charge in [0.15, 0.2) is 0 Å². The lowest BCUT2D eigenvalue weighted by Gasteiger charge is -2.13. The fraction of sp³-hybridized carbons (Fsp3) is 0.412. The van der Waals surface area contributed by atoms with Crippen LogP contribution in [0.4, 0.5) is 5.88 Å². The van der Waals surface area contributed by atoms with E-state index < -0.39 is 0 Å². The highest BCUT2D eigenvalue weighted by Crippen LogP contribution is 2.15. The van der Waals surface area contributed by atoms with Gasteiger partial charge in [0.1, 0.15) is 11.5 Å². The SMILES string of the molecule is CN(C(=O)CCSCCC(=O)CCc1ccco1)c1ccco1. The van der Waals surface area contributed by atoms with Gasteiger partial charge < -0.3 is 8.83 Å². The lowest BCUT2D eigenvalue weighted by molar-refractivity contribution is -0.119. The lowest BCUT2D eigenvalue weighted by Crippen LogP contribution is -2.25. The van der Waals surface area contributed by atoms with Crippen molar-refractivity contribution < 1.29 is 18.4 Å². The van der Waals surface area contributed by atoms with E-state index in [4.69, 9.17) is 8.83 Å². The molecule has 0 unspecified atom stereocenters. The number of carbonyl (C=O) groups is 2. The largest absolute Gasteiger partial charge is 0.469 e. The first-order valence-electron chi connectivity index (χ1n) is 7.58. The quantitative estimate of drug-likeness (QED) is 0.621. The molecule has 2 aromatic rings. The lowest BCUT2D eigenvalue weighted by atomic mass is 10.1. The van der Waals surface area contributed by atoms with Crippen LogP contribution < -0.4 is 4.90 Å². The van der Waals surface area contributed by atoms with Crippen molar-refractivity contribution in [1.82, 2.24) is 0 Å². The van der Waals surface area contributed by atoms with Crippen LogP contribution >= 0.6 is 11.8 Å². The van der Waals surface area contributed by atoms with Gasteiger partial charge in [-0.15, -0.1) is 0 Å². The molecule has 0 aliphatic heterocycles. The third kappa shape index (κ3) is 5.98. The number of Topliss-reactive ketones (excluding diaryl/α,β-unsaturated/α-hetero) is 1. The number of hydrogen-bond donors (Lipinski definition) is 0. The van der Waals surface area contributed by atoms with E-state index in [1.54, 1.807) is 43.5 Å². The highest BCUT2D eigenvalue weighted by molar-refractivity contribution is 7.99. The van der Waals surface area contributed by atoms with Gasteiger partial charge in [0.25, 0.3) is 0 Å². The maximum Gasteiger partial charge on any atom is 0.229 e. The normalized spacial score (nSPS) is 10.7. The van der Waals surface area contributed by atoms with Crippen LogP contribution in [0.15, 0.2) is 45.6 Å². The molecule has 0 bridgehead atoms. The summed E-state index contributed by atoms with van der Waals surface area (Å²) in [6, 6.07) is 7.21. The van der Waals surface area contributed by atoms with Crippen LogP contribution in [0.5, 0.6) is 0 Å². The smallest absolute Gasteiger partial charge is 0.229 e. The number of amides is 1. The molecule has 0 aliphatic rings. The molecule has 0 aliphatic carbocycles. The predicted octanol–water partition coefficient (Wildman–Crippen LogP) is 3.55. The van der Waals surface area contributed by atoms with E-state index in [9.17, 15) is 9.59 Å². The minimum atomic E-state index is 0.0107. The Bertz CT molecular complexity index is 592. The van der Waals surface area contributed by atoms with Gasteiger partial charge in [0.05, 0.1) is 12.5 Å². The summed E-state index contributed by atoms with van der Waals surface area (Å²) >= 11 is 1.63. The summed E-state index contributed by atoms with van der Waals surface area (Å²) in [5.74, 6) is 3.08. The summed E-state index contributed by atoms with van der Waals surface area (Å²) in [5, 5.41) is 0. The van der Waals surface area contributed by atoms with Crippen LogP contribution in [0.2, 0.25) is 0 Å². The van der Waals surface area contributed by atoms with Gasteiger partial charge in [0, 0.05) is 50.3 Å². The first-order valence-corrected chi connectivity index (χ1v) is 8.74. The zero-order valence-electron chi connectivity index (χ0n) is 13.2. The monoisotopic (exact) mass is 335 g/mol. The number of anilines is 1. The van der Waals surface area contributed by atoms with Crippen molar-refractivity contribution >= 4 is 29.3 Å². The summed E-state index contributed by atoms with van der Waals surface area (Å²) in [5.41, 5.74) is 0. The highest BCUT2D eigenvalue weighted by Gasteiger charge is 2.12. The van der Waals surface area contributed by atoms with Crippen molar-refractivity contribution in [3.05, 3.63) is 42.6 Å². The number of carbonyl (C=O) groups excluding carboxylic acids is 2. The van der Waals surface area contributed by atoms with E-state index in [0.29, 0.717) is 37.3 Å². The van der Waals surface area contributed by atoms with Crippen molar-refractivity contribution in [2.24, 2.45) is 0 Å². The third-order valence-electron chi connectivity index (χ3n) is 3.43. The van der Waals surface area contributed by atoms with Gasteiger partial charge in [-0.2, -0.15) is 11.8 Å². The Hall–Kier alpha value is -1.95. The summed E-state index contributed by atoms with van der Waals surface area (Å²) < 4.78 is 10.4. The van der Waals surface area contributed by atoms with Crippen LogP contribution in [-0.2, 0) is 16.0 Å². The van der Waals surface area contributed by atoms with Gasteiger partial charge in [-0.25, -0.2) is 0 Å². The van der Waals surface area contributed by atoms with Crippen molar-refractivity contribution in [2.75, 3.05) is 23.5 Å². The Labute approximate surface area is 140 Å². The second-order valence-corrected chi connectivity index (χ2v) is 6.36. The summed E-state index contributed by atoms with van der Waals surface area (Å²) in [4.78, 5) is 25.2. The molecular formula is C17H21NO4S. The number of ketones is 1. The van der Waals surface area contributed by atoms with E-state index in [0.717, 1.165) is 11.5 Å². The van der Waals surface area contributed by atoms with Crippen LogP contribution in [0, 0.1) is 0 Å². The number of hydrogen-bond acceptors (Lipinski definition) is 5. The van der Waals surface area contributed by atoms with Crippen LogP contribution in [-0.4, -0.2) is 30.2 Å². The average Bonchev–Trinajstić information content (AvgIpc) is 3.24. The molecule has 0 atom stereocenters. The van der Waals surface area contributed by atoms with Gasteiger partial charge in [-0.05, 0) is 18.2 Å². The second kappa shape index (κ2) is 9.25. The molecule has 6 heteroatoms. The Kier molecular flexibility index (Phi) is 7.00. The molecule has 5 nitrogen and oxygen atoms in total. The molecule has 2 heterocycles. The Balaban J connectivity index is 1.53. The van der Waals surface area contributed by atoms with E-state index in [1.165, 1.54) is 4.90 Å². The average molecular weight is 335 g/mol. The van der Waals surface area contributed by atoms with Crippen molar-refractivity contribution in [2.45, 2.75) is 25.7 Å². The van der Waals surface area contributed by atoms with Gasteiger partial charge in [-0.3, -0.25) is 14.5 Å². The number of nitrogens with zero attached hydrogens (tertiary/aromatic N) is 1. The topological polar surface area (TPSA) is 63.7 Å². The molecule has 0 saturated heterocycles. The van der Waals surface area contributed by atoms with Crippen LogP contribution in [0.25, 0.3) is 0 Å². The zero-order valence-corrected chi connectivity index (χ0v) is 14.0. The maximum atomic E-state index is 11.9. The Morgan fingerprint density at radius 2 is 1.78 bits per heavy atom. The fourth-order valence-corrected chi connectivity index (χ4v) is 2.94. The van der Waals surface area contributed by atoms with Crippen molar-refractivity contribution in [1.29, 1.82) is 0 Å². The maximum absolute atomic E-state index is 11.9. The predicted molar refractivity (Wildman–Crippen MR) is 90.7 cm³/mol. The molecule has 0 radical (unpaired) electrons. The Morgan fingerprint density at radius 1 is 1.04 bits per heavy atom. The van der Waals surface area contributed by atoms with Gasteiger partial charge in [-0.1, -0.05) is 0 Å². The fourth-order valence-electron chi connectivity index (χ4n) is 2.04. The minimum absolute atomic E-state index is 0.0107. The molecule has 2 aromatic heterocycles. The molecule has 1 amide bonds. The molecule has 0 spiro atoms. The molecular weight excluding hydrogens is 314 g/mol. The number of thioether (sulfide) groups is 1. The van der Waals surface area contributed by atoms with E-state index in [1.807, 2.05) is 12.1 Å². The molecule has 124 valence electrons. The summed E-state index contributed by atoms with van der Waals surface area (Å²) in [6.45, 7) is 0. The van der Waals surface area contributed by atoms with E-state index in [2.05, 4.69) is 0 Å². The summed E-state index contributed by atoms with van der Waals surface area (Å²) in [7, 11) is 1.70. The van der Waals surface area contributed by atoms with Gasteiger partial charge in [0.2, 0.25) is 11.8 Å². The van der Waals surface area contributed by atoms with Crippen molar-refractivity contribution in [3.63, 3.8) is 0 Å². The molecule has 0 saturated carbocycles.